The normalized spacial score (nSPS) is 12.2. The summed E-state index contributed by atoms with van der Waals surface area (Å²) < 4.78 is 0. The van der Waals surface area contributed by atoms with Gasteiger partial charge in [0.05, 0.1) is 0 Å². The Bertz CT molecular complexity index is 218. The molecule has 0 heterocycles. The molecule has 0 aliphatic rings. The number of hydrogen-bond acceptors (Lipinski definition) is 3. The van der Waals surface area contributed by atoms with Crippen LogP contribution in [0.5, 0.6) is 0 Å². The maximum Gasteiger partial charge on any atom is 0.352 e. The summed E-state index contributed by atoms with van der Waals surface area (Å²) in [5.74, 6) is -1.17. The van der Waals surface area contributed by atoms with Gasteiger partial charge < -0.3 is 16.2 Å². The van der Waals surface area contributed by atoms with Crippen molar-refractivity contribution in [2.45, 2.75) is 20.3 Å². The second-order valence-corrected chi connectivity index (χ2v) is 2.18. The van der Waals surface area contributed by atoms with E-state index in [9.17, 15) is 4.79 Å². The fourth-order valence-electron chi connectivity index (χ4n) is 0.588. The molecule has 0 atom stereocenters. The van der Waals surface area contributed by atoms with Crippen molar-refractivity contribution in [1.29, 1.82) is 5.41 Å². The van der Waals surface area contributed by atoms with E-state index in [1.165, 1.54) is 6.92 Å². The largest absolute Gasteiger partial charge is 0.477 e. The molecule has 0 aromatic carbocycles. The van der Waals surface area contributed by atoms with Gasteiger partial charge in [-0.15, -0.1) is 0 Å². The Labute approximate surface area is 65.2 Å². The monoisotopic (exact) mass is 156 g/mol. The Morgan fingerprint density at radius 3 is 2.36 bits per heavy atom. The van der Waals surface area contributed by atoms with Gasteiger partial charge in [-0.1, -0.05) is 6.92 Å². The molecule has 0 amide bonds. The van der Waals surface area contributed by atoms with Gasteiger partial charge in [-0.05, 0) is 13.3 Å². The van der Waals surface area contributed by atoms with Gasteiger partial charge in [0.15, 0.2) is 0 Å². The Kier molecular flexibility index (Phi) is 3.30. The summed E-state index contributed by atoms with van der Waals surface area (Å²) >= 11 is 0. The summed E-state index contributed by atoms with van der Waals surface area (Å²) in [5, 5.41) is 15.7. The molecule has 0 fully saturated rings. The summed E-state index contributed by atoms with van der Waals surface area (Å²) in [6.45, 7) is 3.32. The van der Waals surface area contributed by atoms with Gasteiger partial charge in [0, 0.05) is 11.3 Å². The van der Waals surface area contributed by atoms with Gasteiger partial charge in [0.25, 0.3) is 0 Å². The van der Waals surface area contributed by atoms with Gasteiger partial charge >= 0.3 is 5.97 Å². The Hall–Kier alpha value is -1.32. The fourth-order valence-corrected chi connectivity index (χ4v) is 0.588. The molecule has 0 radical (unpaired) electrons. The smallest absolute Gasteiger partial charge is 0.352 e. The molecule has 0 unspecified atom stereocenters. The average molecular weight is 156 g/mol. The Morgan fingerprint density at radius 2 is 2.09 bits per heavy atom. The number of carboxylic acids is 1. The number of carbonyl (C=O) groups is 1. The summed E-state index contributed by atoms with van der Waals surface area (Å²) in [4.78, 5) is 10.3. The van der Waals surface area contributed by atoms with Crippen LogP contribution in [0.4, 0.5) is 0 Å². The van der Waals surface area contributed by atoms with E-state index in [0.717, 1.165) is 0 Å². The van der Waals surface area contributed by atoms with Crippen molar-refractivity contribution in [3.63, 3.8) is 0 Å². The van der Waals surface area contributed by atoms with E-state index in [-0.39, 0.29) is 11.4 Å². The van der Waals surface area contributed by atoms with Crippen molar-refractivity contribution in [3.8, 4) is 0 Å². The molecule has 4 heteroatoms. The molecule has 0 saturated carbocycles. The first-order chi connectivity index (χ1) is 5.00. The van der Waals surface area contributed by atoms with Crippen molar-refractivity contribution >= 4 is 11.7 Å². The summed E-state index contributed by atoms with van der Waals surface area (Å²) in [6.07, 6.45) is 0.500. The molecule has 0 aromatic rings. The van der Waals surface area contributed by atoms with Gasteiger partial charge in [0.1, 0.15) is 5.70 Å². The number of rotatable bonds is 3. The zero-order valence-corrected chi connectivity index (χ0v) is 6.64. The predicted molar refractivity (Wildman–Crippen MR) is 42.5 cm³/mol. The molecule has 4 nitrogen and oxygen atoms in total. The number of carboxylic acid groups (broad SMARTS) is 1. The van der Waals surface area contributed by atoms with Crippen LogP contribution < -0.4 is 5.73 Å². The lowest BCUT2D eigenvalue weighted by atomic mass is 10.1. The van der Waals surface area contributed by atoms with Crippen LogP contribution in [0.1, 0.15) is 20.3 Å². The van der Waals surface area contributed by atoms with Crippen LogP contribution in [0.3, 0.4) is 0 Å². The quantitative estimate of drug-likeness (QED) is 0.416. The molecule has 11 heavy (non-hydrogen) atoms. The summed E-state index contributed by atoms with van der Waals surface area (Å²) in [5.41, 5.74) is 5.55. The highest BCUT2D eigenvalue weighted by atomic mass is 16.4. The van der Waals surface area contributed by atoms with E-state index in [2.05, 4.69) is 0 Å². The Morgan fingerprint density at radius 1 is 1.64 bits per heavy atom. The maximum atomic E-state index is 10.3. The molecular formula is C7H12N2O2. The van der Waals surface area contributed by atoms with Gasteiger partial charge in [0.2, 0.25) is 0 Å². The first-order valence-corrected chi connectivity index (χ1v) is 3.28. The second-order valence-electron chi connectivity index (χ2n) is 2.18. The molecule has 0 aromatic heterocycles. The molecule has 0 saturated heterocycles. The topological polar surface area (TPSA) is 87.2 Å². The Balaban J connectivity index is 4.66. The SMILES string of the molecule is CCC(=N)/C(C)=C(\N)C(=O)O. The zero-order valence-electron chi connectivity index (χ0n) is 6.64. The lowest BCUT2D eigenvalue weighted by molar-refractivity contribution is -0.132. The van der Waals surface area contributed by atoms with E-state index < -0.39 is 5.97 Å². The van der Waals surface area contributed by atoms with Crippen LogP contribution in [0.15, 0.2) is 11.3 Å². The standard InChI is InChI=1S/C7H12N2O2/c1-3-5(8)4(2)6(9)7(10)11/h8H,3,9H2,1-2H3,(H,10,11)/b6-4-,8-5?. The van der Waals surface area contributed by atoms with Crippen LogP contribution in [-0.4, -0.2) is 16.8 Å². The number of allylic oxidation sites excluding steroid dienone is 1. The summed E-state index contributed by atoms with van der Waals surface area (Å²) in [6, 6.07) is 0. The second kappa shape index (κ2) is 3.75. The van der Waals surface area contributed by atoms with E-state index in [1.807, 2.05) is 0 Å². The predicted octanol–water partition coefficient (Wildman–Crippen LogP) is 0.733. The minimum atomic E-state index is -1.17. The molecule has 62 valence electrons. The molecule has 4 N–H and O–H groups in total. The van der Waals surface area contributed by atoms with Gasteiger partial charge in [-0.25, -0.2) is 4.79 Å². The lowest BCUT2D eigenvalue weighted by Gasteiger charge is -2.02. The van der Waals surface area contributed by atoms with Gasteiger partial charge in [-0.3, -0.25) is 0 Å². The third-order valence-electron chi connectivity index (χ3n) is 1.44. The van der Waals surface area contributed by atoms with Crippen molar-refractivity contribution in [2.24, 2.45) is 5.73 Å². The van der Waals surface area contributed by atoms with E-state index in [4.69, 9.17) is 16.2 Å². The first kappa shape index (κ1) is 9.68. The molecule has 0 aliphatic carbocycles. The highest BCUT2D eigenvalue weighted by Crippen LogP contribution is 2.02. The van der Waals surface area contributed by atoms with Crippen LogP contribution in [0, 0.1) is 5.41 Å². The van der Waals surface area contributed by atoms with Crippen molar-refractivity contribution in [1.82, 2.24) is 0 Å². The van der Waals surface area contributed by atoms with E-state index in [1.54, 1.807) is 6.92 Å². The average Bonchev–Trinajstić information content (AvgIpc) is 2.00. The first-order valence-electron chi connectivity index (χ1n) is 3.28. The van der Waals surface area contributed by atoms with Crippen LogP contribution in [0.25, 0.3) is 0 Å². The fraction of sp³-hybridized carbons (Fsp3) is 0.429. The van der Waals surface area contributed by atoms with Crippen LogP contribution in [0.2, 0.25) is 0 Å². The third-order valence-corrected chi connectivity index (χ3v) is 1.44. The number of nitrogens with one attached hydrogen (secondary N) is 1. The van der Waals surface area contributed by atoms with Gasteiger partial charge in [-0.2, -0.15) is 0 Å². The maximum absolute atomic E-state index is 10.3. The van der Waals surface area contributed by atoms with Crippen molar-refractivity contribution in [3.05, 3.63) is 11.3 Å². The zero-order chi connectivity index (χ0) is 9.02. The summed E-state index contributed by atoms with van der Waals surface area (Å²) in [7, 11) is 0. The molecule has 0 spiro atoms. The van der Waals surface area contributed by atoms with Crippen molar-refractivity contribution in [2.75, 3.05) is 0 Å². The number of hydrogen-bond donors (Lipinski definition) is 3. The molecule has 0 aliphatic heterocycles. The van der Waals surface area contributed by atoms with E-state index in [0.29, 0.717) is 12.0 Å². The van der Waals surface area contributed by atoms with Crippen molar-refractivity contribution < 1.29 is 9.90 Å². The molecular weight excluding hydrogens is 144 g/mol. The lowest BCUT2D eigenvalue weighted by Crippen LogP contribution is -2.15. The third kappa shape index (κ3) is 2.41. The highest BCUT2D eigenvalue weighted by molar-refractivity contribution is 6.03. The number of nitrogens with two attached hydrogens (primary N) is 1. The van der Waals surface area contributed by atoms with Crippen LogP contribution in [-0.2, 0) is 4.79 Å². The minimum Gasteiger partial charge on any atom is -0.477 e. The highest BCUT2D eigenvalue weighted by Gasteiger charge is 2.08. The number of aliphatic carboxylic acids is 1. The van der Waals surface area contributed by atoms with Crippen LogP contribution >= 0.6 is 0 Å². The minimum absolute atomic E-state index is 0.239. The molecule has 0 bridgehead atoms. The van der Waals surface area contributed by atoms with E-state index >= 15 is 0 Å². The molecule has 0 rings (SSSR count).